The second-order valence-electron chi connectivity index (χ2n) is 5.59. The van der Waals surface area contributed by atoms with Crippen molar-refractivity contribution in [1.82, 2.24) is 14.8 Å². The van der Waals surface area contributed by atoms with Gasteiger partial charge in [-0.05, 0) is 19.8 Å². The van der Waals surface area contributed by atoms with Crippen molar-refractivity contribution in [2.24, 2.45) is 5.73 Å². The summed E-state index contributed by atoms with van der Waals surface area (Å²) in [5.74, 6) is -0.452. The number of aryl methyl sites for hydroxylation is 1. The SMILES string of the molecule is CCn1ncc2c(NC3CCCCC3)c(C(N)=O)cnc21. The lowest BCUT2D eigenvalue weighted by molar-refractivity contribution is 0.100. The number of primary amides is 1. The van der Waals surface area contributed by atoms with Crippen LogP contribution in [0.25, 0.3) is 11.0 Å². The molecule has 6 nitrogen and oxygen atoms in total. The van der Waals surface area contributed by atoms with Crippen LogP contribution < -0.4 is 11.1 Å². The minimum atomic E-state index is -0.452. The van der Waals surface area contributed by atoms with Crippen molar-refractivity contribution in [3.63, 3.8) is 0 Å². The van der Waals surface area contributed by atoms with E-state index >= 15 is 0 Å². The molecule has 2 heterocycles. The zero-order valence-electron chi connectivity index (χ0n) is 12.3. The molecule has 3 rings (SSSR count). The molecule has 1 saturated carbocycles. The number of aromatic nitrogens is 3. The normalized spacial score (nSPS) is 16.2. The fourth-order valence-corrected chi connectivity index (χ4v) is 3.05. The number of nitrogens with two attached hydrogens (primary N) is 1. The average molecular weight is 287 g/mol. The first kappa shape index (κ1) is 13.9. The number of carbonyl (C=O) groups is 1. The fourth-order valence-electron chi connectivity index (χ4n) is 3.05. The van der Waals surface area contributed by atoms with Gasteiger partial charge in [-0.1, -0.05) is 19.3 Å². The van der Waals surface area contributed by atoms with Crippen LogP contribution in [0.2, 0.25) is 0 Å². The first-order valence-electron chi connectivity index (χ1n) is 7.61. The second kappa shape index (κ2) is 5.71. The van der Waals surface area contributed by atoms with Gasteiger partial charge in [-0.3, -0.25) is 4.79 Å². The van der Waals surface area contributed by atoms with Crippen LogP contribution in [0.4, 0.5) is 5.69 Å². The minimum absolute atomic E-state index is 0.396. The molecule has 2 aromatic rings. The molecule has 1 aliphatic rings. The third-order valence-corrected chi connectivity index (χ3v) is 4.18. The number of hydrogen-bond donors (Lipinski definition) is 2. The number of carbonyl (C=O) groups excluding carboxylic acids is 1. The molecule has 1 amide bonds. The summed E-state index contributed by atoms with van der Waals surface area (Å²) in [6.45, 7) is 2.76. The molecule has 0 aromatic carbocycles. The highest BCUT2D eigenvalue weighted by atomic mass is 16.1. The Balaban J connectivity index is 2.05. The van der Waals surface area contributed by atoms with Crippen molar-refractivity contribution < 1.29 is 4.79 Å². The van der Waals surface area contributed by atoms with Gasteiger partial charge in [-0.15, -0.1) is 0 Å². The summed E-state index contributed by atoms with van der Waals surface area (Å²) in [5, 5.41) is 8.72. The standard InChI is InChI=1S/C15H21N5O/c1-2-20-15-12(9-18-20)13(11(8-17-15)14(16)21)19-10-6-4-3-5-7-10/h8-10H,2-7H2,1H3,(H2,16,21)(H,17,19). The van der Waals surface area contributed by atoms with Gasteiger partial charge in [-0.2, -0.15) is 5.10 Å². The molecule has 0 spiro atoms. The van der Waals surface area contributed by atoms with E-state index in [1.165, 1.54) is 19.3 Å². The zero-order valence-corrected chi connectivity index (χ0v) is 12.3. The number of rotatable bonds is 4. The number of hydrogen-bond acceptors (Lipinski definition) is 4. The Morgan fingerprint density at radius 2 is 2.14 bits per heavy atom. The number of pyridine rings is 1. The molecule has 6 heteroatoms. The Labute approximate surface area is 123 Å². The number of nitrogens with zero attached hydrogens (tertiary/aromatic N) is 3. The van der Waals surface area contributed by atoms with Crippen molar-refractivity contribution in [2.45, 2.75) is 51.6 Å². The lowest BCUT2D eigenvalue weighted by Crippen LogP contribution is -2.25. The van der Waals surface area contributed by atoms with E-state index in [0.717, 1.165) is 36.1 Å². The summed E-state index contributed by atoms with van der Waals surface area (Å²) in [6, 6.07) is 0.396. The number of fused-ring (bicyclic) bond motifs is 1. The molecule has 2 aromatic heterocycles. The van der Waals surface area contributed by atoms with Crippen LogP contribution in [0.1, 0.15) is 49.4 Å². The van der Waals surface area contributed by atoms with E-state index in [0.29, 0.717) is 11.6 Å². The maximum Gasteiger partial charge on any atom is 0.252 e. The van der Waals surface area contributed by atoms with Crippen molar-refractivity contribution in [2.75, 3.05) is 5.32 Å². The molecule has 0 aliphatic heterocycles. The molecule has 0 unspecified atom stereocenters. The molecule has 0 saturated heterocycles. The third-order valence-electron chi connectivity index (χ3n) is 4.18. The van der Waals surface area contributed by atoms with Crippen molar-refractivity contribution >= 4 is 22.6 Å². The maximum atomic E-state index is 11.7. The number of amides is 1. The summed E-state index contributed by atoms with van der Waals surface area (Å²) < 4.78 is 1.83. The largest absolute Gasteiger partial charge is 0.381 e. The van der Waals surface area contributed by atoms with E-state index in [-0.39, 0.29) is 0 Å². The molecule has 1 aliphatic carbocycles. The first-order chi connectivity index (χ1) is 10.2. The van der Waals surface area contributed by atoms with Crippen molar-refractivity contribution in [3.05, 3.63) is 18.0 Å². The van der Waals surface area contributed by atoms with Crippen LogP contribution in [0, 0.1) is 0 Å². The Morgan fingerprint density at radius 1 is 1.38 bits per heavy atom. The quantitative estimate of drug-likeness (QED) is 0.903. The highest BCUT2D eigenvalue weighted by Gasteiger charge is 2.20. The maximum absolute atomic E-state index is 11.7. The van der Waals surface area contributed by atoms with Gasteiger partial charge in [0.1, 0.15) is 0 Å². The van der Waals surface area contributed by atoms with Crippen LogP contribution in [-0.2, 0) is 6.54 Å². The van der Waals surface area contributed by atoms with E-state index < -0.39 is 5.91 Å². The van der Waals surface area contributed by atoms with Gasteiger partial charge in [0, 0.05) is 18.8 Å². The van der Waals surface area contributed by atoms with Crippen LogP contribution in [0.3, 0.4) is 0 Å². The number of anilines is 1. The summed E-state index contributed by atoms with van der Waals surface area (Å²) in [6.07, 6.45) is 9.33. The Bertz CT molecular complexity index is 657. The van der Waals surface area contributed by atoms with E-state index in [2.05, 4.69) is 15.4 Å². The predicted octanol–water partition coefficient (Wildman–Crippen LogP) is 2.29. The summed E-state index contributed by atoms with van der Waals surface area (Å²) >= 11 is 0. The lowest BCUT2D eigenvalue weighted by atomic mass is 9.95. The highest BCUT2D eigenvalue weighted by molar-refractivity contribution is 6.05. The monoisotopic (exact) mass is 287 g/mol. The summed E-state index contributed by atoms with van der Waals surface area (Å²) in [7, 11) is 0. The first-order valence-corrected chi connectivity index (χ1v) is 7.61. The summed E-state index contributed by atoms with van der Waals surface area (Å²) in [5.41, 5.74) is 7.54. The zero-order chi connectivity index (χ0) is 14.8. The van der Waals surface area contributed by atoms with Gasteiger partial charge < -0.3 is 11.1 Å². The Morgan fingerprint density at radius 3 is 2.81 bits per heavy atom. The van der Waals surface area contributed by atoms with E-state index in [4.69, 9.17) is 5.73 Å². The molecule has 0 atom stereocenters. The number of nitrogens with one attached hydrogen (secondary N) is 1. The van der Waals surface area contributed by atoms with Gasteiger partial charge in [-0.25, -0.2) is 9.67 Å². The highest BCUT2D eigenvalue weighted by Crippen LogP contribution is 2.29. The topological polar surface area (TPSA) is 85.8 Å². The minimum Gasteiger partial charge on any atom is -0.381 e. The van der Waals surface area contributed by atoms with Crippen LogP contribution in [-0.4, -0.2) is 26.7 Å². The van der Waals surface area contributed by atoms with Crippen LogP contribution >= 0.6 is 0 Å². The molecule has 3 N–H and O–H groups in total. The molecule has 1 fully saturated rings. The van der Waals surface area contributed by atoms with E-state index in [1.54, 1.807) is 12.4 Å². The second-order valence-corrected chi connectivity index (χ2v) is 5.59. The van der Waals surface area contributed by atoms with Crippen molar-refractivity contribution in [3.8, 4) is 0 Å². The molecular formula is C15H21N5O. The van der Waals surface area contributed by atoms with Crippen molar-refractivity contribution in [1.29, 1.82) is 0 Å². The molecule has 21 heavy (non-hydrogen) atoms. The Kier molecular flexibility index (Phi) is 3.77. The van der Waals surface area contributed by atoms with Gasteiger partial charge in [0.05, 0.1) is 22.8 Å². The predicted molar refractivity (Wildman–Crippen MR) is 82.2 cm³/mol. The van der Waals surface area contributed by atoms with Gasteiger partial charge >= 0.3 is 0 Å². The summed E-state index contributed by atoms with van der Waals surface area (Å²) in [4.78, 5) is 16.0. The lowest BCUT2D eigenvalue weighted by Gasteiger charge is -2.25. The molecule has 0 radical (unpaired) electrons. The third kappa shape index (κ3) is 2.57. The van der Waals surface area contributed by atoms with Crippen LogP contribution in [0.5, 0.6) is 0 Å². The average Bonchev–Trinajstić information content (AvgIpc) is 2.92. The van der Waals surface area contributed by atoms with Gasteiger partial charge in [0.2, 0.25) is 0 Å². The molecule has 0 bridgehead atoms. The Hall–Kier alpha value is -2.11. The molecule has 112 valence electrons. The smallest absolute Gasteiger partial charge is 0.252 e. The van der Waals surface area contributed by atoms with Crippen LogP contribution in [0.15, 0.2) is 12.4 Å². The van der Waals surface area contributed by atoms with Gasteiger partial charge in [0.25, 0.3) is 5.91 Å². The molecular weight excluding hydrogens is 266 g/mol. The fraction of sp³-hybridized carbons (Fsp3) is 0.533. The van der Waals surface area contributed by atoms with E-state index in [9.17, 15) is 4.79 Å². The van der Waals surface area contributed by atoms with E-state index in [1.807, 2.05) is 11.6 Å². The van der Waals surface area contributed by atoms with Gasteiger partial charge in [0.15, 0.2) is 5.65 Å².